The second kappa shape index (κ2) is 3.36. The Bertz CT molecular complexity index is 292. The number of rotatable bonds is 1. The lowest BCUT2D eigenvalue weighted by molar-refractivity contribution is 0.424. The van der Waals surface area contributed by atoms with Gasteiger partial charge in [-0.25, -0.2) is 4.39 Å². The molecule has 0 N–H and O–H groups in total. The lowest BCUT2D eigenvalue weighted by Crippen LogP contribution is -1.87. The fraction of sp³-hybridized carbons (Fsp3) is 0.125. The summed E-state index contributed by atoms with van der Waals surface area (Å²) in [6, 6.07) is 7.86. The highest BCUT2D eigenvalue weighted by atomic mass is 35.5. The predicted molar refractivity (Wildman–Crippen MR) is 40.9 cm³/mol. The number of nitrogens with zero attached hydrogens (tertiary/aromatic N) is 1. The molecular weight excluding hydrogens is 165 g/mol. The minimum atomic E-state index is -1.62. The number of nitriles is 1. The van der Waals surface area contributed by atoms with Crippen LogP contribution < -0.4 is 0 Å². The number of halogens is 2. The van der Waals surface area contributed by atoms with Crippen molar-refractivity contribution in [2.75, 3.05) is 0 Å². The van der Waals surface area contributed by atoms with Gasteiger partial charge in [-0.3, -0.25) is 0 Å². The maximum Gasteiger partial charge on any atom is 0.212 e. The molecule has 0 radical (unpaired) electrons. The van der Waals surface area contributed by atoms with Crippen molar-refractivity contribution in [2.24, 2.45) is 0 Å². The molecule has 0 saturated heterocycles. The smallest absolute Gasteiger partial charge is 0.212 e. The van der Waals surface area contributed by atoms with Crippen LogP contribution in [0.2, 0.25) is 5.02 Å². The van der Waals surface area contributed by atoms with Crippen LogP contribution in [0, 0.1) is 11.3 Å². The number of hydrogen-bond donors (Lipinski definition) is 0. The van der Waals surface area contributed by atoms with Crippen molar-refractivity contribution in [3.8, 4) is 6.07 Å². The molecule has 0 aliphatic rings. The zero-order valence-corrected chi connectivity index (χ0v) is 6.35. The fourth-order valence-electron chi connectivity index (χ4n) is 0.750. The zero-order valence-electron chi connectivity index (χ0n) is 5.59. The Hall–Kier alpha value is -1.07. The molecule has 0 bridgehead atoms. The molecule has 1 aromatic carbocycles. The average Bonchev–Trinajstić information content (AvgIpc) is 2.04. The average molecular weight is 170 g/mol. The molecule has 0 aliphatic carbocycles. The Kier molecular flexibility index (Phi) is 2.45. The minimum Gasteiger partial charge on any atom is -0.226 e. The van der Waals surface area contributed by atoms with Crippen LogP contribution in [0.4, 0.5) is 4.39 Å². The van der Waals surface area contributed by atoms with Crippen molar-refractivity contribution in [3.63, 3.8) is 0 Å². The van der Waals surface area contributed by atoms with E-state index in [4.69, 9.17) is 16.9 Å². The maximum atomic E-state index is 12.7. The van der Waals surface area contributed by atoms with Crippen LogP contribution in [0.25, 0.3) is 0 Å². The van der Waals surface area contributed by atoms with Gasteiger partial charge in [0, 0.05) is 10.6 Å². The van der Waals surface area contributed by atoms with E-state index >= 15 is 0 Å². The van der Waals surface area contributed by atoms with Gasteiger partial charge in [0.05, 0.1) is 0 Å². The summed E-state index contributed by atoms with van der Waals surface area (Å²) in [5, 5.41) is 8.52. The first-order valence-electron chi connectivity index (χ1n) is 3.04. The van der Waals surface area contributed by atoms with E-state index in [1.807, 2.05) is 0 Å². The topological polar surface area (TPSA) is 23.8 Å². The summed E-state index contributed by atoms with van der Waals surface area (Å²) < 4.78 is 12.7. The molecule has 1 nitrogen and oxygen atoms in total. The second-order valence-corrected chi connectivity index (χ2v) is 2.42. The van der Waals surface area contributed by atoms with Gasteiger partial charge in [-0.15, -0.1) is 0 Å². The van der Waals surface area contributed by atoms with Gasteiger partial charge in [0.2, 0.25) is 6.17 Å². The van der Waals surface area contributed by atoms with E-state index in [-0.39, 0.29) is 5.56 Å². The lowest BCUT2D eigenvalue weighted by Gasteiger charge is -2.00. The molecule has 56 valence electrons. The second-order valence-electron chi connectivity index (χ2n) is 2.01. The molecule has 11 heavy (non-hydrogen) atoms. The highest BCUT2D eigenvalue weighted by Crippen LogP contribution is 2.24. The van der Waals surface area contributed by atoms with Crippen LogP contribution >= 0.6 is 11.6 Å². The summed E-state index contributed by atoms with van der Waals surface area (Å²) in [4.78, 5) is 0. The van der Waals surface area contributed by atoms with Crippen molar-refractivity contribution in [1.29, 1.82) is 5.26 Å². The normalized spacial score (nSPS) is 12.1. The van der Waals surface area contributed by atoms with Crippen LogP contribution in [-0.4, -0.2) is 0 Å². The zero-order chi connectivity index (χ0) is 8.27. The third-order valence-electron chi connectivity index (χ3n) is 1.29. The van der Waals surface area contributed by atoms with Gasteiger partial charge in [-0.2, -0.15) is 5.26 Å². The van der Waals surface area contributed by atoms with E-state index in [2.05, 4.69) is 0 Å². The Morgan fingerprint density at radius 1 is 1.45 bits per heavy atom. The predicted octanol–water partition coefficient (Wildman–Crippen LogP) is 2.87. The van der Waals surface area contributed by atoms with E-state index in [1.54, 1.807) is 18.2 Å². The molecule has 0 amide bonds. The molecule has 1 atom stereocenters. The molecule has 0 fully saturated rings. The number of hydrogen-bond acceptors (Lipinski definition) is 1. The molecular formula is C8H5ClFN. The molecule has 1 rings (SSSR count). The third-order valence-corrected chi connectivity index (χ3v) is 1.64. The van der Waals surface area contributed by atoms with Crippen molar-refractivity contribution < 1.29 is 4.39 Å². The third kappa shape index (κ3) is 1.69. The summed E-state index contributed by atoms with van der Waals surface area (Å²) in [7, 11) is 0. The van der Waals surface area contributed by atoms with Crippen LogP contribution in [0.1, 0.15) is 11.7 Å². The monoisotopic (exact) mass is 169 g/mol. The Balaban J connectivity index is 3.05. The van der Waals surface area contributed by atoms with Crippen LogP contribution in [0.5, 0.6) is 0 Å². The van der Waals surface area contributed by atoms with Gasteiger partial charge in [-0.05, 0) is 6.07 Å². The Labute approximate surface area is 69.0 Å². The summed E-state index contributed by atoms with van der Waals surface area (Å²) in [5.41, 5.74) is 0.233. The minimum absolute atomic E-state index is 0.233. The standard InChI is InChI=1S/C8H5ClFN/c9-7-4-2-1-3-6(7)8(10)5-11/h1-4,8H/t8-/m1/s1. The molecule has 0 aromatic heterocycles. The van der Waals surface area contributed by atoms with Crippen LogP contribution in [-0.2, 0) is 0 Å². The quantitative estimate of drug-likeness (QED) is 0.634. The summed E-state index contributed by atoms with van der Waals surface area (Å²) in [6.45, 7) is 0. The number of benzene rings is 1. The molecule has 0 saturated carbocycles. The Morgan fingerprint density at radius 3 is 2.64 bits per heavy atom. The first kappa shape index (κ1) is 8.03. The summed E-state index contributed by atoms with van der Waals surface area (Å²) in [5.74, 6) is 0. The van der Waals surface area contributed by atoms with E-state index in [1.165, 1.54) is 12.1 Å². The number of alkyl halides is 1. The fourth-order valence-corrected chi connectivity index (χ4v) is 0.982. The molecule has 0 unspecified atom stereocenters. The van der Waals surface area contributed by atoms with E-state index in [9.17, 15) is 4.39 Å². The molecule has 3 heteroatoms. The summed E-state index contributed by atoms with van der Waals surface area (Å²) >= 11 is 5.61. The molecule has 0 heterocycles. The van der Waals surface area contributed by atoms with Crippen molar-refractivity contribution in [3.05, 3.63) is 34.9 Å². The highest BCUT2D eigenvalue weighted by Gasteiger charge is 2.10. The molecule has 0 spiro atoms. The van der Waals surface area contributed by atoms with Crippen LogP contribution in [0.15, 0.2) is 24.3 Å². The lowest BCUT2D eigenvalue weighted by atomic mass is 10.1. The van der Waals surface area contributed by atoms with Crippen LogP contribution in [0.3, 0.4) is 0 Å². The highest BCUT2D eigenvalue weighted by molar-refractivity contribution is 6.31. The van der Waals surface area contributed by atoms with Gasteiger partial charge < -0.3 is 0 Å². The van der Waals surface area contributed by atoms with Crippen molar-refractivity contribution in [1.82, 2.24) is 0 Å². The first-order chi connectivity index (χ1) is 5.25. The van der Waals surface area contributed by atoms with E-state index in [0.717, 1.165) is 0 Å². The SMILES string of the molecule is N#C[C@@H](F)c1ccccc1Cl. The van der Waals surface area contributed by atoms with E-state index < -0.39 is 6.17 Å². The van der Waals surface area contributed by atoms with Gasteiger partial charge in [0.15, 0.2) is 0 Å². The van der Waals surface area contributed by atoms with E-state index in [0.29, 0.717) is 5.02 Å². The van der Waals surface area contributed by atoms with Gasteiger partial charge in [0.25, 0.3) is 0 Å². The molecule has 0 aliphatic heterocycles. The maximum absolute atomic E-state index is 12.7. The first-order valence-corrected chi connectivity index (χ1v) is 3.41. The van der Waals surface area contributed by atoms with Gasteiger partial charge in [0.1, 0.15) is 6.07 Å². The summed E-state index contributed by atoms with van der Waals surface area (Å²) in [6.07, 6.45) is -1.62. The van der Waals surface area contributed by atoms with Gasteiger partial charge in [-0.1, -0.05) is 29.8 Å². The Morgan fingerprint density at radius 2 is 2.09 bits per heavy atom. The van der Waals surface area contributed by atoms with Gasteiger partial charge >= 0.3 is 0 Å². The van der Waals surface area contributed by atoms with Crippen molar-refractivity contribution in [2.45, 2.75) is 6.17 Å². The molecule has 1 aromatic rings. The largest absolute Gasteiger partial charge is 0.226 e. The van der Waals surface area contributed by atoms with Crippen molar-refractivity contribution >= 4 is 11.6 Å².